The number of carbonyl (C=O) groups is 2. The van der Waals surface area contributed by atoms with Crippen LogP contribution in [0.2, 0.25) is 0 Å². The number of amides is 1. The van der Waals surface area contributed by atoms with Crippen molar-refractivity contribution in [3.63, 3.8) is 0 Å². The Labute approximate surface area is 155 Å². The smallest absolute Gasteiger partial charge is 0.376 e. The van der Waals surface area contributed by atoms with Gasteiger partial charge in [-0.3, -0.25) is 9.59 Å². The fraction of sp³-hybridized carbons (Fsp3) is 0.222. The van der Waals surface area contributed by atoms with Crippen molar-refractivity contribution in [1.82, 2.24) is 0 Å². The van der Waals surface area contributed by atoms with Crippen LogP contribution in [0.4, 0.5) is 37.7 Å². The molecule has 0 aliphatic carbocycles. The average Bonchev–Trinajstić information content (AvgIpc) is 2.58. The van der Waals surface area contributed by atoms with Gasteiger partial charge in [-0.05, 0) is 49.4 Å². The lowest BCUT2D eigenvalue weighted by Gasteiger charge is -2.15. The SMILES string of the molecule is CC(=O)c1ccc(NC(=O)CNc2cc(C(F)(F)F)cc(C(F)(F)F)c2)cc1. The maximum atomic E-state index is 12.8. The summed E-state index contributed by atoms with van der Waals surface area (Å²) < 4.78 is 76.9. The van der Waals surface area contributed by atoms with E-state index in [1.54, 1.807) is 0 Å². The number of nitrogens with one attached hydrogen (secondary N) is 2. The summed E-state index contributed by atoms with van der Waals surface area (Å²) in [5.74, 6) is -0.869. The molecule has 0 unspecified atom stereocenters. The first-order chi connectivity index (χ1) is 12.9. The number of Topliss-reactive ketones (excluding diaryl/α,β-unsaturated/α-hetero) is 1. The number of halogens is 6. The lowest BCUT2D eigenvalue weighted by Crippen LogP contribution is -2.22. The molecule has 2 rings (SSSR count). The zero-order valence-corrected chi connectivity index (χ0v) is 14.3. The highest BCUT2D eigenvalue weighted by atomic mass is 19.4. The van der Waals surface area contributed by atoms with Gasteiger partial charge < -0.3 is 10.6 Å². The van der Waals surface area contributed by atoms with E-state index in [4.69, 9.17) is 0 Å². The van der Waals surface area contributed by atoms with Crippen LogP contribution in [0.25, 0.3) is 0 Å². The fourth-order valence-electron chi connectivity index (χ4n) is 2.23. The molecule has 10 heteroatoms. The van der Waals surface area contributed by atoms with Gasteiger partial charge in [0.15, 0.2) is 5.78 Å². The van der Waals surface area contributed by atoms with E-state index in [0.717, 1.165) is 0 Å². The number of anilines is 2. The van der Waals surface area contributed by atoms with Gasteiger partial charge in [0.05, 0.1) is 17.7 Å². The molecule has 0 aliphatic heterocycles. The van der Waals surface area contributed by atoms with Crippen LogP contribution in [0, 0.1) is 0 Å². The van der Waals surface area contributed by atoms with Gasteiger partial charge in [0, 0.05) is 16.9 Å². The molecule has 0 aliphatic rings. The minimum atomic E-state index is -4.97. The second kappa shape index (κ2) is 7.91. The maximum Gasteiger partial charge on any atom is 0.416 e. The molecule has 0 aromatic heterocycles. The first-order valence-electron chi connectivity index (χ1n) is 7.80. The fourth-order valence-corrected chi connectivity index (χ4v) is 2.23. The quantitative estimate of drug-likeness (QED) is 0.546. The monoisotopic (exact) mass is 404 g/mol. The molecule has 150 valence electrons. The minimum Gasteiger partial charge on any atom is -0.376 e. The van der Waals surface area contributed by atoms with Crippen LogP contribution in [0.15, 0.2) is 42.5 Å². The van der Waals surface area contributed by atoms with Gasteiger partial charge in [-0.25, -0.2) is 0 Å². The van der Waals surface area contributed by atoms with Crippen molar-refractivity contribution in [2.45, 2.75) is 19.3 Å². The zero-order valence-electron chi connectivity index (χ0n) is 14.3. The van der Waals surface area contributed by atoms with Crippen molar-refractivity contribution in [1.29, 1.82) is 0 Å². The van der Waals surface area contributed by atoms with Gasteiger partial charge in [-0.1, -0.05) is 0 Å². The Morgan fingerprint density at radius 2 is 1.32 bits per heavy atom. The highest BCUT2D eigenvalue weighted by Crippen LogP contribution is 2.37. The number of carbonyl (C=O) groups excluding carboxylic acids is 2. The van der Waals surface area contributed by atoms with Crippen LogP contribution in [0.3, 0.4) is 0 Å². The van der Waals surface area contributed by atoms with E-state index >= 15 is 0 Å². The summed E-state index contributed by atoms with van der Waals surface area (Å²) in [5, 5.41) is 4.66. The lowest BCUT2D eigenvalue weighted by molar-refractivity contribution is -0.143. The van der Waals surface area contributed by atoms with Gasteiger partial charge in [0.25, 0.3) is 0 Å². The predicted molar refractivity (Wildman–Crippen MR) is 90.0 cm³/mol. The van der Waals surface area contributed by atoms with Crippen molar-refractivity contribution in [3.8, 4) is 0 Å². The van der Waals surface area contributed by atoms with Gasteiger partial charge >= 0.3 is 12.4 Å². The molecule has 0 radical (unpaired) electrons. The van der Waals surface area contributed by atoms with Crippen LogP contribution in [-0.4, -0.2) is 18.2 Å². The molecule has 0 atom stereocenters. The van der Waals surface area contributed by atoms with Gasteiger partial charge in [0.2, 0.25) is 5.91 Å². The molecular weight excluding hydrogens is 390 g/mol. The van der Waals surface area contributed by atoms with Gasteiger partial charge in [-0.15, -0.1) is 0 Å². The summed E-state index contributed by atoms with van der Waals surface area (Å²) >= 11 is 0. The third kappa shape index (κ3) is 5.73. The van der Waals surface area contributed by atoms with E-state index in [9.17, 15) is 35.9 Å². The zero-order chi connectivity index (χ0) is 21.1. The molecule has 28 heavy (non-hydrogen) atoms. The van der Waals surface area contributed by atoms with Gasteiger partial charge in [-0.2, -0.15) is 26.3 Å². The molecule has 0 bridgehead atoms. The molecule has 2 aromatic rings. The Balaban J connectivity index is 2.10. The Kier molecular flexibility index (Phi) is 6.01. The van der Waals surface area contributed by atoms with Crippen LogP contribution < -0.4 is 10.6 Å². The van der Waals surface area contributed by atoms with Crippen LogP contribution >= 0.6 is 0 Å². The van der Waals surface area contributed by atoms with E-state index in [2.05, 4.69) is 10.6 Å². The maximum absolute atomic E-state index is 12.8. The molecule has 4 nitrogen and oxygen atoms in total. The second-order valence-corrected chi connectivity index (χ2v) is 5.83. The first-order valence-corrected chi connectivity index (χ1v) is 7.80. The first kappa shape index (κ1) is 21.3. The average molecular weight is 404 g/mol. The van der Waals surface area contributed by atoms with Gasteiger partial charge in [0.1, 0.15) is 0 Å². The van der Waals surface area contributed by atoms with Crippen molar-refractivity contribution >= 4 is 23.1 Å². The molecule has 0 fully saturated rings. The van der Waals surface area contributed by atoms with E-state index < -0.39 is 41.6 Å². The summed E-state index contributed by atoms with van der Waals surface area (Å²) in [6.45, 7) is 0.800. The normalized spacial score (nSPS) is 11.8. The minimum absolute atomic E-state index is 0.00181. The van der Waals surface area contributed by atoms with Crippen molar-refractivity contribution in [2.75, 3.05) is 17.2 Å². The highest BCUT2D eigenvalue weighted by molar-refractivity contribution is 5.96. The molecule has 0 saturated heterocycles. The summed E-state index contributed by atoms with van der Waals surface area (Å²) in [4.78, 5) is 23.1. The third-order valence-corrected chi connectivity index (χ3v) is 3.62. The summed E-state index contributed by atoms with van der Waals surface area (Å²) in [7, 11) is 0. The molecule has 0 spiro atoms. The predicted octanol–water partition coefficient (Wildman–Crippen LogP) is 4.98. The standard InChI is InChI=1S/C18H14F6N2O2/c1-10(27)11-2-4-14(5-3-11)26-16(28)9-25-15-7-12(17(19,20)21)6-13(8-15)18(22,23)24/h2-8,25H,9H2,1H3,(H,26,28). The van der Waals surface area contributed by atoms with E-state index in [1.807, 2.05) is 0 Å². The van der Waals surface area contributed by atoms with Crippen molar-refractivity contribution in [3.05, 3.63) is 59.2 Å². The van der Waals surface area contributed by atoms with Crippen LogP contribution in [-0.2, 0) is 17.1 Å². The number of rotatable bonds is 5. The summed E-state index contributed by atoms with van der Waals surface area (Å²) in [6.07, 6.45) is -9.95. The Hall–Kier alpha value is -3.04. The molecular formula is C18H14F6N2O2. The Morgan fingerprint density at radius 1 is 0.821 bits per heavy atom. The van der Waals surface area contributed by atoms with E-state index in [0.29, 0.717) is 23.4 Å². The number of hydrogen-bond acceptors (Lipinski definition) is 3. The number of alkyl halides is 6. The molecule has 2 aromatic carbocycles. The second-order valence-electron chi connectivity index (χ2n) is 5.83. The van der Waals surface area contributed by atoms with E-state index in [-0.39, 0.29) is 11.8 Å². The molecule has 2 N–H and O–H groups in total. The molecule has 0 heterocycles. The largest absolute Gasteiger partial charge is 0.416 e. The van der Waals surface area contributed by atoms with Crippen LogP contribution in [0.1, 0.15) is 28.4 Å². The van der Waals surface area contributed by atoms with Crippen molar-refractivity contribution in [2.24, 2.45) is 0 Å². The molecule has 0 saturated carbocycles. The third-order valence-electron chi connectivity index (χ3n) is 3.62. The number of hydrogen-bond donors (Lipinski definition) is 2. The Bertz CT molecular complexity index is 841. The number of ketones is 1. The lowest BCUT2D eigenvalue weighted by atomic mass is 10.1. The summed E-state index contributed by atoms with van der Waals surface area (Å²) in [5.41, 5.74) is -2.73. The van der Waals surface area contributed by atoms with Crippen molar-refractivity contribution < 1.29 is 35.9 Å². The summed E-state index contributed by atoms with van der Waals surface area (Å²) in [6, 6.07) is 6.80. The Morgan fingerprint density at radius 3 is 1.75 bits per heavy atom. The molecule has 1 amide bonds. The highest BCUT2D eigenvalue weighted by Gasteiger charge is 2.36. The topological polar surface area (TPSA) is 58.2 Å². The number of benzene rings is 2. The van der Waals surface area contributed by atoms with E-state index in [1.165, 1.54) is 31.2 Å². The van der Waals surface area contributed by atoms with Crippen LogP contribution in [0.5, 0.6) is 0 Å².